The lowest BCUT2D eigenvalue weighted by Gasteiger charge is -2.08. The molecule has 0 aliphatic carbocycles. The Labute approximate surface area is 171 Å². The van der Waals surface area contributed by atoms with Crippen molar-refractivity contribution in [3.8, 4) is 22.9 Å². The maximum atomic E-state index is 13.0. The SMILES string of the molecule is O=C(Nc1ccc(F)cc1)c1cccc(-c2cnc(Oc3ccc(F)cc3)nc2)c1. The molecule has 5 nitrogen and oxygen atoms in total. The predicted molar refractivity (Wildman–Crippen MR) is 108 cm³/mol. The molecular formula is C23H15F2N3O2. The second kappa shape index (κ2) is 8.48. The number of aromatic nitrogens is 2. The maximum absolute atomic E-state index is 13.0. The molecule has 1 aromatic heterocycles. The molecule has 0 fully saturated rings. The molecule has 1 heterocycles. The first kappa shape index (κ1) is 19.2. The summed E-state index contributed by atoms with van der Waals surface area (Å²) in [6, 6.07) is 18.1. The quantitative estimate of drug-likeness (QED) is 0.480. The molecule has 0 saturated heterocycles. The van der Waals surface area contributed by atoms with Gasteiger partial charge in [-0.25, -0.2) is 18.7 Å². The fourth-order valence-electron chi connectivity index (χ4n) is 2.70. The van der Waals surface area contributed by atoms with Gasteiger partial charge in [-0.1, -0.05) is 12.1 Å². The van der Waals surface area contributed by atoms with E-state index in [1.165, 1.54) is 48.5 Å². The van der Waals surface area contributed by atoms with Gasteiger partial charge in [-0.2, -0.15) is 0 Å². The van der Waals surface area contributed by atoms with Gasteiger partial charge in [0.05, 0.1) is 0 Å². The highest BCUT2D eigenvalue weighted by Crippen LogP contribution is 2.23. The number of hydrogen-bond donors (Lipinski definition) is 1. The van der Waals surface area contributed by atoms with Gasteiger partial charge in [0, 0.05) is 29.2 Å². The lowest BCUT2D eigenvalue weighted by Crippen LogP contribution is -2.11. The number of halogens is 2. The van der Waals surface area contributed by atoms with Gasteiger partial charge in [-0.05, 0) is 66.2 Å². The van der Waals surface area contributed by atoms with Gasteiger partial charge < -0.3 is 10.1 Å². The Morgan fingerprint density at radius 3 is 2.10 bits per heavy atom. The van der Waals surface area contributed by atoms with E-state index in [9.17, 15) is 13.6 Å². The number of rotatable bonds is 5. The maximum Gasteiger partial charge on any atom is 0.321 e. The number of hydrogen-bond acceptors (Lipinski definition) is 4. The zero-order valence-electron chi connectivity index (χ0n) is 15.5. The van der Waals surface area contributed by atoms with Crippen LogP contribution in [0.3, 0.4) is 0 Å². The van der Waals surface area contributed by atoms with Crippen LogP contribution in [-0.2, 0) is 0 Å². The normalized spacial score (nSPS) is 10.5. The molecule has 7 heteroatoms. The highest BCUT2D eigenvalue weighted by atomic mass is 19.1. The van der Waals surface area contributed by atoms with Crippen LogP contribution in [0.4, 0.5) is 14.5 Å². The topological polar surface area (TPSA) is 64.1 Å². The third-order valence-electron chi connectivity index (χ3n) is 4.21. The molecule has 1 amide bonds. The van der Waals surface area contributed by atoms with Gasteiger partial charge in [-0.3, -0.25) is 4.79 Å². The van der Waals surface area contributed by atoms with Crippen LogP contribution in [0.5, 0.6) is 11.8 Å². The molecule has 0 aliphatic rings. The van der Waals surface area contributed by atoms with Crippen molar-refractivity contribution in [1.82, 2.24) is 9.97 Å². The summed E-state index contributed by atoms with van der Waals surface area (Å²) in [6.45, 7) is 0. The lowest BCUT2D eigenvalue weighted by atomic mass is 10.1. The molecular weight excluding hydrogens is 388 g/mol. The smallest absolute Gasteiger partial charge is 0.321 e. The van der Waals surface area contributed by atoms with Gasteiger partial charge in [-0.15, -0.1) is 0 Å². The summed E-state index contributed by atoms with van der Waals surface area (Å²) < 4.78 is 31.5. The van der Waals surface area contributed by atoms with Crippen molar-refractivity contribution in [3.63, 3.8) is 0 Å². The Morgan fingerprint density at radius 2 is 1.43 bits per heavy atom. The van der Waals surface area contributed by atoms with Crippen molar-refractivity contribution in [1.29, 1.82) is 0 Å². The highest BCUT2D eigenvalue weighted by molar-refractivity contribution is 6.04. The molecule has 30 heavy (non-hydrogen) atoms. The number of carbonyl (C=O) groups is 1. The van der Waals surface area contributed by atoms with Crippen LogP contribution in [0, 0.1) is 11.6 Å². The first-order valence-corrected chi connectivity index (χ1v) is 9.00. The van der Waals surface area contributed by atoms with Crippen LogP contribution in [0.25, 0.3) is 11.1 Å². The van der Waals surface area contributed by atoms with Crippen molar-refractivity contribution in [2.75, 3.05) is 5.32 Å². The van der Waals surface area contributed by atoms with Gasteiger partial charge in [0.15, 0.2) is 0 Å². The molecule has 0 unspecified atom stereocenters. The largest absolute Gasteiger partial charge is 0.424 e. The number of benzene rings is 3. The number of carbonyl (C=O) groups excluding carboxylic acids is 1. The van der Waals surface area contributed by atoms with Crippen molar-refractivity contribution in [3.05, 3.63) is 102 Å². The van der Waals surface area contributed by atoms with Crippen molar-refractivity contribution in [2.45, 2.75) is 0 Å². The van der Waals surface area contributed by atoms with E-state index in [0.717, 1.165) is 5.56 Å². The second-order valence-corrected chi connectivity index (χ2v) is 6.35. The summed E-state index contributed by atoms with van der Waals surface area (Å²) in [7, 11) is 0. The van der Waals surface area contributed by atoms with Crippen LogP contribution in [0.2, 0.25) is 0 Å². The summed E-state index contributed by atoms with van der Waals surface area (Å²) in [6.07, 6.45) is 3.14. The number of nitrogens with one attached hydrogen (secondary N) is 1. The van der Waals surface area contributed by atoms with E-state index < -0.39 is 0 Å². The number of amides is 1. The molecule has 4 aromatic rings. The molecule has 4 rings (SSSR count). The molecule has 0 radical (unpaired) electrons. The third kappa shape index (κ3) is 4.64. The summed E-state index contributed by atoms with van der Waals surface area (Å²) in [5.74, 6) is -0.631. The molecule has 1 N–H and O–H groups in total. The highest BCUT2D eigenvalue weighted by Gasteiger charge is 2.09. The summed E-state index contributed by atoms with van der Waals surface area (Å²) >= 11 is 0. The molecule has 3 aromatic carbocycles. The molecule has 0 bridgehead atoms. The Balaban J connectivity index is 1.48. The molecule has 0 spiro atoms. The van der Waals surface area contributed by atoms with Crippen LogP contribution >= 0.6 is 0 Å². The average Bonchev–Trinajstić information content (AvgIpc) is 2.77. The Morgan fingerprint density at radius 1 is 0.800 bits per heavy atom. The van der Waals surface area contributed by atoms with Crippen LogP contribution in [0.15, 0.2) is 85.2 Å². The number of nitrogens with zero attached hydrogens (tertiary/aromatic N) is 2. The zero-order valence-corrected chi connectivity index (χ0v) is 15.5. The minimum atomic E-state index is -0.373. The third-order valence-corrected chi connectivity index (χ3v) is 4.21. The monoisotopic (exact) mass is 403 g/mol. The summed E-state index contributed by atoms with van der Waals surface area (Å²) in [5.41, 5.74) is 2.37. The predicted octanol–water partition coefficient (Wildman–Crippen LogP) is 5.47. The average molecular weight is 403 g/mol. The first-order valence-electron chi connectivity index (χ1n) is 9.00. The second-order valence-electron chi connectivity index (χ2n) is 6.35. The molecule has 0 atom stereocenters. The van der Waals surface area contributed by atoms with E-state index in [1.807, 2.05) is 6.07 Å². The Kier molecular flexibility index (Phi) is 5.43. The minimum Gasteiger partial charge on any atom is -0.424 e. The van der Waals surface area contributed by atoms with E-state index in [4.69, 9.17) is 4.74 Å². The standard InChI is InChI=1S/C23H15F2N3O2/c24-18-4-8-20(9-5-18)28-22(29)16-3-1-2-15(12-16)17-13-26-23(27-14-17)30-21-10-6-19(25)7-11-21/h1-14H,(H,28,29). The Bertz CT molecular complexity index is 1160. The van der Waals surface area contributed by atoms with E-state index in [0.29, 0.717) is 22.6 Å². The number of anilines is 1. The molecule has 0 aliphatic heterocycles. The van der Waals surface area contributed by atoms with E-state index in [-0.39, 0.29) is 23.6 Å². The van der Waals surface area contributed by atoms with Gasteiger partial charge >= 0.3 is 6.01 Å². The van der Waals surface area contributed by atoms with Gasteiger partial charge in [0.25, 0.3) is 5.91 Å². The van der Waals surface area contributed by atoms with Crippen LogP contribution in [0.1, 0.15) is 10.4 Å². The number of ether oxygens (including phenoxy) is 1. The summed E-state index contributed by atoms with van der Waals surface area (Å²) in [5, 5.41) is 2.72. The van der Waals surface area contributed by atoms with Crippen molar-refractivity contribution >= 4 is 11.6 Å². The van der Waals surface area contributed by atoms with E-state index >= 15 is 0 Å². The summed E-state index contributed by atoms with van der Waals surface area (Å²) in [4.78, 5) is 20.8. The fourth-order valence-corrected chi connectivity index (χ4v) is 2.70. The Hall–Kier alpha value is -4.13. The van der Waals surface area contributed by atoms with Gasteiger partial charge in [0.1, 0.15) is 17.4 Å². The molecule has 0 saturated carbocycles. The lowest BCUT2D eigenvalue weighted by molar-refractivity contribution is 0.102. The minimum absolute atomic E-state index is 0.121. The zero-order chi connectivity index (χ0) is 20.9. The fraction of sp³-hybridized carbons (Fsp3) is 0. The van der Waals surface area contributed by atoms with Crippen LogP contribution in [-0.4, -0.2) is 15.9 Å². The van der Waals surface area contributed by atoms with E-state index in [1.54, 1.807) is 30.6 Å². The van der Waals surface area contributed by atoms with Crippen molar-refractivity contribution in [2.24, 2.45) is 0 Å². The first-order chi connectivity index (χ1) is 14.6. The van der Waals surface area contributed by atoms with Crippen molar-refractivity contribution < 1.29 is 18.3 Å². The van der Waals surface area contributed by atoms with Crippen LogP contribution < -0.4 is 10.1 Å². The van der Waals surface area contributed by atoms with E-state index in [2.05, 4.69) is 15.3 Å². The molecule has 148 valence electrons. The van der Waals surface area contributed by atoms with Gasteiger partial charge in [0.2, 0.25) is 0 Å².